The van der Waals surface area contributed by atoms with Crippen LogP contribution in [0, 0.1) is 5.92 Å². The second-order valence-electron chi connectivity index (χ2n) is 4.87. The average Bonchev–Trinajstić information content (AvgIpc) is 2.97. The van der Waals surface area contributed by atoms with Gasteiger partial charge < -0.3 is 5.32 Å². The molecular formula is C14H18N2OS2. The van der Waals surface area contributed by atoms with Gasteiger partial charge in [0, 0.05) is 22.9 Å². The molecule has 2 aromatic rings. The molecule has 0 aliphatic carbocycles. The first-order valence-electron chi connectivity index (χ1n) is 6.39. The Morgan fingerprint density at radius 3 is 2.95 bits per heavy atom. The molecule has 1 amide bonds. The molecule has 2 heterocycles. The van der Waals surface area contributed by atoms with Gasteiger partial charge in [-0.3, -0.25) is 4.79 Å². The lowest BCUT2D eigenvalue weighted by molar-refractivity contribution is -0.120. The van der Waals surface area contributed by atoms with Gasteiger partial charge in [-0.1, -0.05) is 13.8 Å². The molecule has 0 fully saturated rings. The molecule has 102 valence electrons. The SMILES string of the molecule is CC(C)CCNC(=O)Cc1csc(-c2ccsc2)n1. The molecule has 3 nitrogen and oxygen atoms in total. The summed E-state index contributed by atoms with van der Waals surface area (Å²) in [6.07, 6.45) is 1.39. The number of amides is 1. The van der Waals surface area contributed by atoms with Gasteiger partial charge in [-0.15, -0.1) is 11.3 Å². The van der Waals surface area contributed by atoms with Gasteiger partial charge in [0.05, 0.1) is 12.1 Å². The van der Waals surface area contributed by atoms with Gasteiger partial charge in [0.1, 0.15) is 5.01 Å². The third-order valence-corrected chi connectivity index (χ3v) is 4.33. The van der Waals surface area contributed by atoms with Gasteiger partial charge in [0.2, 0.25) is 5.91 Å². The topological polar surface area (TPSA) is 42.0 Å². The van der Waals surface area contributed by atoms with Crippen LogP contribution in [-0.4, -0.2) is 17.4 Å². The summed E-state index contributed by atoms with van der Waals surface area (Å²) in [6, 6.07) is 2.05. The van der Waals surface area contributed by atoms with E-state index in [9.17, 15) is 4.79 Å². The predicted octanol–water partition coefficient (Wildman–Crippen LogP) is 3.58. The molecule has 0 radical (unpaired) electrons. The summed E-state index contributed by atoms with van der Waals surface area (Å²) in [5.41, 5.74) is 2.00. The maximum Gasteiger partial charge on any atom is 0.226 e. The number of thiophene rings is 1. The fourth-order valence-electron chi connectivity index (χ4n) is 1.63. The predicted molar refractivity (Wildman–Crippen MR) is 81.6 cm³/mol. The number of nitrogens with one attached hydrogen (secondary N) is 1. The van der Waals surface area contributed by atoms with Crippen molar-refractivity contribution in [2.75, 3.05) is 6.54 Å². The van der Waals surface area contributed by atoms with Crippen LogP contribution in [0.2, 0.25) is 0 Å². The van der Waals surface area contributed by atoms with Crippen molar-refractivity contribution in [1.29, 1.82) is 0 Å². The van der Waals surface area contributed by atoms with Crippen molar-refractivity contribution >= 4 is 28.6 Å². The highest BCUT2D eigenvalue weighted by atomic mass is 32.1. The molecular weight excluding hydrogens is 276 g/mol. The van der Waals surface area contributed by atoms with Gasteiger partial charge in [0.25, 0.3) is 0 Å². The Morgan fingerprint density at radius 1 is 1.42 bits per heavy atom. The molecule has 19 heavy (non-hydrogen) atoms. The molecule has 0 saturated heterocycles. The van der Waals surface area contributed by atoms with Crippen LogP contribution in [0.3, 0.4) is 0 Å². The lowest BCUT2D eigenvalue weighted by Gasteiger charge is -2.05. The summed E-state index contributed by atoms with van der Waals surface area (Å²) in [6.45, 7) is 5.05. The summed E-state index contributed by atoms with van der Waals surface area (Å²) in [7, 11) is 0. The van der Waals surface area contributed by atoms with E-state index < -0.39 is 0 Å². The number of carbonyl (C=O) groups excluding carboxylic acids is 1. The highest BCUT2D eigenvalue weighted by Gasteiger charge is 2.09. The van der Waals surface area contributed by atoms with Crippen LogP contribution in [0.4, 0.5) is 0 Å². The van der Waals surface area contributed by atoms with E-state index in [1.54, 1.807) is 22.7 Å². The quantitative estimate of drug-likeness (QED) is 0.885. The average molecular weight is 294 g/mol. The van der Waals surface area contributed by atoms with Crippen LogP contribution >= 0.6 is 22.7 Å². The fourth-order valence-corrected chi connectivity index (χ4v) is 3.17. The van der Waals surface area contributed by atoms with Crippen molar-refractivity contribution in [2.24, 2.45) is 5.92 Å². The van der Waals surface area contributed by atoms with E-state index in [-0.39, 0.29) is 5.91 Å². The Morgan fingerprint density at radius 2 is 2.26 bits per heavy atom. The van der Waals surface area contributed by atoms with E-state index in [2.05, 4.69) is 35.6 Å². The lowest BCUT2D eigenvalue weighted by Crippen LogP contribution is -2.26. The van der Waals surface area contributed by atoms with Crippen molar-refractivity contribution < 1.29 is 4.79 Å². The molecule has 0 aromatic carbocycles. The normalized spacial score (nSPS) is 10.9. The van der Waals surface area contributed by atoms with E-state index in [1.807, 2.05) is 10.8 Å². The fraction of sp³-hybridized carbons (Fsp3) is 0.429. The minimum atomic E-state index is 0.0582. The van der Waals surface area contributed by atoms with E-state index in [0.717, 1.165) is 29.2 Å². The number of hydrogen-bond donors (Lipinski definition) is 1. The van der Waals surface area contributed by atoms with Crippen molar-refractivity contribution in [3.05, 3.63) is 27.9 Å². The van der Waals surface area contributed by atoms with Crippen LogP contribution in [-0.2, 0) is 11.2 Å². The molecule has 0 bridgehead atoms. The van der Waals surface area contributed by atoms with Gasteiger partial charge in [-0.25, -0.2) is 4.98 Å². The highest BCUT2D eigenvalue weighted by Crippen LogP contribution is 2.25. The van der Waals surface area contributed by atoms with Crippen molar-refractivity contribution in [3.8, 4) is 10.6 Å². The highest BCUT2D eigenvalue weighted by molar-refractivity contribution is 7.14. The van der Waals surface area contributed by atoms with Crippen LogP contribution < -0.4 is 5.32 Å². The molecule has 0 atom stereocenters. The third-order valence-electron chi connectivity index (χ3n) is 2.71. The molecule has 1 N–H and O–H groups in total. The Balaban J connectivity index is 1.84. The maximum absolute atomic E-state index is 11.7. The zero-order chi connectivity index (χ0) is 13.7. The Hall–Kier alpha value is -1.20. The zero-order valence-electron chi connectivity index (χ0n) is 11.2. The Kier molecular flexibility index (Phi) is 5.10. The molecule has 2 rings (SSSR count). The number of carbonyl (C=O) groups is 1. The molecule has 0 spiro atoms. The van der Waals surface area contributed by atoms with Gasteiger partial charge in [-0.05, 0) is 23.8 Å². The summed E-state index contributed by atoms with van der Waals surface area (Å²) >= 11 is 3.25. The van der Waals surface area contributed by atoms with Gasteiger partial charge >= 0.3 is 0 Å². The zero-order valence-corrected chi connectivity index (χ0v) is 12.8. The number of rotatable bonds is 6. The van der Waals surface area contributed by atoms with Crippen LogP contribution in [0.1, 0.15) is 26.0 Å². The van der Waals surface area contributed by atoms with Crippen LogP contribution in [0.5, 0.6) is 0 Å². The number of nitrogens with zero attached hydrogens (tertiary/aromatic N) is 1. The van der Waals surface area contributed by atoms with E-state index >= 15 is 0 Å². The number of aromatic nitrogens is 1. The summed E-state index contributed by atoms with van der Waals surface area (Å²) < 4.78 is 0. The minimum absolute atomic E-state index is 0.0582. The first kappa shape index (κ1) is 14.2. The minimum Gasteiger partial charge on any atom is -0.356 e. The smallest absolute Gasteiger partial charge is 0.226 e. The molecule has 0 aliphatic rings. The molecule has 2 aromatic heterocycles. The van der Waals surface area contributed by atoms with E-state index in [1.165, 1.54) is 0 Å². The maximum atomic E-state index is 11.7. The number of hydrogen-bond acceptors (Lipinski definition) is 4. The van der Waals surface area contributed by atoms with Gasteiger partial charge in [-0.2, -0.15) is 11.3 Å². The second-order valence-corrected chi connectivity index (χ2v) is 6.50. The van der Waals surface area contributed by atoms with E-state index in [4.69, 9.17) is 0 Å². The largest absolute Gasteiger partial charge is 0.356 e. The number of thiazole rings is 1. The molecule has 0 unspecified atom stereocenters. The van der Waals surface area contributed by atoms with Crippen LogP contribution in [0.15, 0.2) is 22.2 Å². The van der Waals surface area contributed by atoms with Crippen molar-refractivity contribution in [2.45, 2.75) is 26.7 Å². The van der Waals surface area contributed by atoms with Gasteiger partial charge in [0.15, 0.2) is 0 Å². The lowest BCUT2D eigenvalue weighted by atomic mass is 10.1. The first-order valence-corrected chi connectivity index (χ1v) is 8.21. The standard InChI is InChI=1S/C14H18N2OS2/c1-10(2)3-5-15-13(17)7-12-9-19-14(16-12)11-4-6-18-8-11/h4,6,8-10H,3,5,7H2,1-2H3,(H,15,17). The second kappa shape index (κ2) is 6.82. The summed E-state index contributed by atoms with van der Waals surface area (Å²) in [5, 5.41) is 10.0. The van der Waals surface area contributed by atoms with Crippen molar-refractivity contribution in [1.82, 2.24) is 10.3 Å². The van der Waals surface area contributed by atoms with E-state index in [0.29, 0.717) is 12.3 Å². The Bertz CT molecular complexity index is 517. The third kappa shape index (κ3) is 4.44. The molecule has 0 aliphatic heterocycles. The first-order chi connectivity index (χ1) is 9.15. The Labute approximate surface area is 121 Å². The van der Waals surface area contributed by atoms with Crippen molar-refractivity contribution in [3.63, 3.8) is 0 Å². The molecule has 5 heteroatoms. The monoisotopic (exact) mass is 294 g/mol. The summed E-state index contributed by atoms with van der Waals surface area (Å²) in [4.78, 5) is 16.2. The summed E-state index contributed by atoms with van der Waals surface area (Å²) in [5.74, 6) is 0.674. The van der Waals surface area contributed by atoms with Crippen LogP contribution in [0.25, 0.3) is 10.6 Å². The molecule has 0 saturated carbocycles.